The Morgan fingerprint density at radius 2 is 1.56 bits per heavy atom. The van der Waals surface area contributed by atoms with Gasteiger partial charge in [-0.05, 0) is 30.5 Å². The molecule has 1 heterocycles. The second-order valence-electron chi connectivity index (χ2n) is 4.76. The molecular weight excluding hydrogens is 336 g/mol. The average molecular weight is 350 g/mol. The quantitative estimate of drug-likeness (QED) is 0.649. The molecule has 11 heteroatoms. The van der Waals surface area contributed by atoms with E-state index in [0.29, 0.717) is 12.1 Å². The van der Waals surface area contributed by atoms with Crippen LogP contribution in [-0.2, 0) is 6.42 Å². The molecule has 0 saturated carbocycles. The van der Waals surface area contributed by atoms with Crippen molar-refractivity contribution in [3.63, 3.8) is 0 Å². The van der Waals surface area contributed by atoms with Gasteiger partial charge in [0, 0.05) is 12.4 Å². The number of pyridine rings is 1. The predicted molar refractivity (Wildman–Crippen MR) is 86.4 cm³/mol. The zero-order valence-electron chi connectivity index (χ0n) is 13.3. The van der Waals surface area contributed by atoms with E-state index in [-0.39, 0.29) is 0 Å². The topological polar surface area (TPSA) is 163 Å². The molecular formula is C14H14N4O7. The van der Waals surface area contributed by atoms with Crippen molar-refractivity contribution in [2.75, 3.05) is 0 Å². The number of phenolic OH excluding ortho intramolecular Hbond substituents is 1. The van der Waals surface area contributed by atoms with Crippen molar-refractivity contribution in [3.05, 3.63) is 72.1 Å². The van der Waals surface area contributed by atoms with Gasteiger partial charge in [0.2, 0.25) is 0 Å². The molecule has 2 aromatic rings. The Bertz CT molecular complexity index is 788. The number of hydrogen-bond acceptors (Lipinski definition) is 8. The first-order chi connectivity index (χ1) is 11.7. The molecule has 1 aromatic carbocycles. The average Bonchev–Trinajstić information content (AvgIpc) is 2.55. The van der Waals surface area contributed by atoms with E-state index < -0.39 is 37.6 Å². The standard InChI is InChI=1S/C8H11N.C6H3N3O7/c1-3-8-6-9-5-4-7(8)2;10-6-4(8(13)14)1-3(7(11)12)2-5(6)9(15)16/h4-6H,3H2,1-2H3;1-2,10H. The van der Waals surface area contributed by atoms with E-state index >= 15 is 0 Å². The molecule has 0 aliphatic heterocycles. The summed E-state index contributed by atoms with van der Waals surface area (Å²) >= 11 is 0. The van der Waals surface area contributed by atoms with Crippen molar-refractivity contribution in [1.29, 1.82) is 0 Å². The first-order valence-electron chi connectivity index (χ1n) is 6.88. The Kier molecular flexibility index (Phi) is 6.44. The summed E-state index contributed by atoms with van der Waals surface area (Å²) in [5.41, 5.74) is -0.317. The summed E-state index contributed by atoms with van der Waals surface area (Å²) in [5, 5.41) is 40.2. The summed E-state index contributed by atoms with van der Waals surface area (Å²) in [4.78, 5) is 31.8. The smallest absolute Gasteiger partial charge is 0.324 e. The summed E-state index contributed by atoms with van der Waals surface area (Å²) in [6.07, 6.45) is 4.84. The number of nitrogens with zero attached hydrogens (tertiary/aromatic N) is 4. The fourth-order valence-electron chi connectivity index (χ4n) is 1.84. The van der Waals surface area contributed by atoms with E-state index in [2.05, 4.69) is 18.8 Å². The number of aromatic hydroxyl groups is 1. The number of nitro groups is 3. The third-order valence-electron chi connectivity index (χ3n) is 3.19. The van der Waals surface area contributed by atoms with E-state index in [1.807, 2.05) is 18.5 Å². The summed E-state index contributed by atoms with van der Waals surface area (Å²) in [5.74, 6) is -1.21. The highest BCUT2D eigenvalue weighted by molar-refractivity contribution is 5.64. The molecule has 0 radical (unpaired) electrons. The van der Waals surface area contributed by atoms with E-state index in [9.17, 15) is 30.3 Å². The number of aromatic nitrogens is 1. The minimum atomic E-state index is -1.21. The molecule has 0 unspecified atom stereocenters. The highest BCUT2D eigenvalue weighted by Crippen LogP contribution is 2.38. The van der Waals surface area contributed by atoms with Gasteiger partial charge in [-0.2, -0.15) is 0 Å². The van der Waals surface area contributed by atoms with Gasteiger partial charge in [-0.25, -0.2) is 0 Å². The van der Waals surface area contributed by atoms with Gasteiger partial charge < -0.3 is 5.11 Å². The van der Waals surface area contributed by atoms with Crippen LogP contribution in [0, 0.1) is 37.3 Å². The number of aryl methyl sites for hydroxylation is 2. The number of hydrogen-bond donors (Lipinski definition) is 1. The van der Waals surface area contributed by atoms with Crippen LogP contribution in [0.4, 0.5) is 17.1 Å². The fourth-order valence-corrected chi connectivity index (χ4v) is 1.84. The number of nitro benzene ring substituents is 3. The van der Waals surface area contributed by atoms with Gasteiger partial charge in [0.05, 0.1) is 26.9 Å². The lowest BCUT2D eigenvalue weighted by Gasteiger charge is -1.97. The summed E-state index contributed by atoms with van der Waals surface area (Å²) in [7, 11) is 0. The SMILES string of the molecule is CCc1cnccc1C.O=[N+]([O-])c1cc([N+](=O)[O-])c(O)c([N+](=O)[O-])c1. The van der Waals surface area contributed by atoms with E-state index in [0.717, 1.165) is 6.42 Å². The van der Waals surface area contributed by atoms with Crippen LogP contribution in [0.15, 0.2) is 30.6 Å². The van der Waals surface area contributed by atoms with Crippen molar-refractivity contribution in [2.45, 2.75) is 20.3 Å². The van der Waals surface area contributed by atoms with Gasteiger partial charge in [-0.3, -0.25) is 35.3 Å². The lowest BCUT2D eigenvalue weighted by atomic mass is 10.1. The van der Waals surface area contributed by atoms with E-state index in [1.54, 1.807) is 0 Å². The third-order valence-corrected chi connectivity index (χ3v) is 3.19. The molecule has 25 heavy (non-hydrogen) atoms. The summed E-state index contributed by atoms with van der Waals surface area (Å²) < 4.78 is 0. The largest absolute Gasteiger partial charge is 0.497 e. The number of rotatable bonds is 4. The summed E-state index contributed by atoms with van der Waals surface area (Å²) in [6.45, 7) is 4.25. The third kappa shape index (κ3) is 4.92. The molecule has 0 saturated heterocycles. The van der Waals surface area contributed by atoms with Crippen LogP contribution < -0.4 is 0 Å². The second kappa shape index (κ2) is 8.29. The first kappa shape index (κ1) is 19.4. The Hall–Kier alpha value is -3.63. The lowest BCUT2D eigenvalue weighted by molar-refractivity contribution is -0.404. The fraction of sp³-hybridized carbons (Fsp3) is 0.214. The predicted octanol–water partition coefficient (Wildman–Crippen LogP) is 3.07. The van der Waals surface area contributed by atoms with Crippen molar-refractivity contribution in [1.82, 2.24) is 4.98 Å². The maximum Gasteiger partial charge on any atom is 0.324 e. The Morgan fingerprint density at radius 3 is 1.88 bits per heavy atom. The minimum Gasteiger partial charge on any atom is -0.497 e. The zero-order chi connectivity index (χ0) is 19.1. The van der Waals surface area contributed by atoms with Crippen LogP contribution in [0.2, 0.25) is 0 Å². The lowest BCUT2D eigenvalue weighted by Crippen LogP contribution is -1.97. The van der Waals surface area contributed by atoms with Crippen LogP contribution in [0.1, 0.15) is 18.1 Å². The molecule has 132 valence electrons. The normalized spacial score (nSPS) is 9.68. The maximum absolute atomic E-state index is 10.4. The van der Waals surface area contributed by atoms with Gasteiger partial charge >= 0.3 is 11.4 Å². The number of non-ortho nitro benzene ring substituents is 1. The maximum atomic E-state index is 10.4. The molecule has 2 rings (SSSR count). The van der Waals surface area contributed by atoms with Gasteiger partial charge in [0.1, 0.15) is 0 Å². The molecule has 0 bridgehead atoms. The molecule has 1 aromatic heterocycles. The Morgan fingerprint density at radius 1 is 1.04 bits per heavy atom. The van der Waals surface area contributed by atoms with Crippen LogP contribution in [0.25, 0.3) is 0 Å². The molecule has 0 aliphatic carbocycles. The van der Waals surface area contributed by atoms with Crippen molar-refractivity contribution in [2.24, 2.45) is 0 Å². The highest BCUT2D eigenvalue weighted by atomic mass is 16.6. The van der Waals surface area contributed by atoms with Gasteiger partial charge in [0.25, 0.3) is 11.4 Å². The van der Waals surface area contributed by atoms with Crippen molar-refractivity contribution in [3.8, 4) is 5.75 Å². The molecule has 0 fully saturated rings. The minimum absolute atomic E-state index is 0.447. The number of phenols is 1. The van der Waals surface area contributed by atoms with E-state index in [1.165, 1.54) is 11.1 Å². The Balaban J connectivity index is 0.000000293. The van der Waals surface area contributed by atoms with E-state index in [4.69, 9.17) is 5.11 Å². The Labute approximate surface area is 141 Å². The molecule has 0 amide bonds. The molecule has 11 nitrogen and oxygen atoms in total. The highest BCUT2D eigenvalue weighted by Gasteiger charge is 2.30. The summed E-state index contributed by atoms with van der Waals surface area (Å²) in [6, 6.07) is 2.93. The zero-order valence-corrected chi connectivity index (χ0v) is 13.3. The molecule has 0 spiro atoms. The molecule has 0 atom stereocenters. The first-order valence-corrected chi connectivity index (χ1v) is 6.88. The second-order valence-corrected chi connectivity index (χ2v) is 4.76. The molecule has 0 aliphatic rings. The van der Waals surface area contributed by atoms with Crippen LogP contribution >= 0.6 is 0 Å². The van der Waals surface area contributed by atoms with Gasteiger partial charge in [-0.15, -0.1) is 0 Å². The van der Waals surface area contributed by atoms with Crippen LogP contribution in [0.5, 0.6) is 5.75 Å². The monoisotopic (exact) mass is 350 g/mol. The van der Waals surface area contributed by atoms with Gasteiger partial charge in [0.15, 0.2) is 0 Å². The van der Waals surface area contributed by atoms with Gasteiger partial charge in [-0.1, -0.05) is 6.92 Å². The van der Waals surface area contributed by atoms with Crippen molar-refractivity contribution < 1.29 is 19.9 Å². The van der Waals surface area contributed by atoms with Crippen molar-refractivity contribution >= 4 is 17.1 Å². The van der Waals surface area contributed by atoms with Crippen LogP contribution in [0.3, 0.4) is 0 Å². The molecule has 1 N–H and O–H groups in total. The number of benzene rings is 1. The van der Waals surface area contributed by atoms with Crippen LogP contribution in [-0.4, -0.2) is 24.9 Å².